The monoisotopic (exact) mass is 236 g/mol. The van der Waals surface area contributed by atoms with Gasteiger partial charge in [-0.05, 0) is 37.2 Å². The number of hydrazine groups is 1. The van der Waals surface area contributed by atoms with Crippen LogP contribution < -0.4 is 5.43 Å². The van der Waals surface area contributed by atoms with Gasteiger partial charge in [0.15, 0.2) is 6.23 Å². The average Bonchev–Trinajstić information content (AvgIpc) is 2.92. The first kappa shape index (κ1) is 11.2. The third-order valence-electron chi connectivity index (χ3n) is 4.17. The number of aliphatic hydroxyl groups excluding tert-OH is 1. The van der Waals surface area contributed by atoms with E-state index in [0.29, 0.717) is 0 Å². The molecule has 3 atom stereocenters. The van der Waals surface area contributed by atoms with Crippen LogP contribution in [0, 0.1) is 18.8 Å². The van der Waals surface area contributed by atoms with E-state index in [1.807, 2.05) is 6.92 Å². The minimum absolute atomic E-state index is 0.670. The lowest BCUT2D eigenvalue weighted by Crippen LogP contribution is -2.39. The molecule has 2 heterocycles. The van der Waals surface area contributed by atoms with E-state index in [2.05, 4.69) is 20.6 Å². The number of aryl methyl sites for hydroxylation is 1. The largest absolute Gasteiger partial charge is 0.371 e. The second kappa shape index (κ2) is 4.40. The van der Waals surface area contributed by atoms with E-state index >= 15 is 0 Å². The summed E-state index contributed by atoms with van der Waals surface area (Å²) in [5.74, 6) is 1.66. The second-order valence-electron chi connectivity index (χ2n) is 5.35. The van der Waals surface area contributed by atoms with Gasteiger partial charge < -0.3 is 5.11 Å². The highest BCUT2D eigenvalue weighted by atomic mass is 16.3. The molecule has 1 saturated heterocycles. The van der Waals surface area contributed by atoms with E-state index in [9.17, 15) is 5.11 Å². The molecule has 1 aromatic rings. The number of nitrogens with one attached hydrogen (secondary N) is 2. The Balaban J connectivity index is 1.59. The van der Waals surface area contributed by atoms with Crippen molar-refractivity contribution >= 4 is 0 Å². The van der Waals surface area contributed by atoms with Crippen LogP contribution in [0.2, 0.25) is 0 Å². The zero-order valence-electron chi connectivity index (χ0n) is 10.2. The number of fused-ring (bicyclic) bond motifs is 1. The Morgan fingerprint density at radius 3 is 2.76 bits per heavy atom. The van der Waals surface area contributed by atoms with Crippen LogP contribution in [-0.4, -0.2) is 33.4 Å². The van der Waals surface area contributed by atoms with Crippen LogP contribution in [-0.2, 0) is 0 Å². The zero-order chi connectivity index (χ0) is 11.8. The third-order valence-corrected chi connectivity index (χ3v) is 4.17. The first-order valence-electron chi connectivity index (χ1n) is 6.43. The lowest BCUT2D eigenvalue weighted by Gasteiger charge is -2.22. The van der Waals surface area contributed by atoms with E-state index in [1.165, 1.54) is 19.3 Å². The molecule has 1 aliphatic heterocycles. The molecular weight excluding hydrogens is 216 g/mol. The zero-order valence-corrected chi connectivity index (χ0v) is 10.2. The summed E-state index contributed by atoms with van der Waals surface area (Å²) in [6, 6.07) is 0. The van der Waals surface area contributed by atoms with E-state index < -0.39 is 6.23 Å². The summed E-state index contributed by atoms with van der Waals surface area (Å²) < 4.78 is 0. The van der Waals surface area contributed by atoms with Gasteiger partial charge in [-0.25, -0.2) is 10.4 Å². The molecule has 3 N–H and O–H groups in total. The molecule has 3 unspecified atom stereocenters. The van der Waals surface area contributed by atoms with Crippen molar-refractivity contribution in [2.24, 2.45) is 11.8 Å². The van der Waals surface area contributed by atoms with E-state index in [-0.39, 0.29) is 0 Å². The molecule has 5 nitrogen and oxygen atoms in total. The number of hydrogen-bond donors (Lipinski definition) is 3. The summed E-state index contributed by atoms with van der Waals surface area (Å²) >= 11 is 0. The summed E-state index contributed by atoms with van der Waals surface area (Å²) in [5.41, 5.74) is 4.92. The fourth-order valence-electron chi connectivity index (χ4n) is 3.21. The standard InChI is InChI=1S/C12H20N4O/c1-8-5-13-14-11(8)12(17)15-16-6-9-3-2-4-10(9)7-16/h5,9-10,12,15,17H,2-4,6-7H2,1H3,(H,13,14). The first-order chi connectivity index (χ1) is 8.24. The smallest absolute Gasteiger partial charge is 0.160 e. The third kappa shape index (κ3) is 2.10. The lowest BCUT2D eigenvalue weighted by atomic mass is 10.0. The molecule has 2 aliphatic rings. The van der Waals surface area contributed by atoms with Crippen LogP contribution in [0.15, 0.2) is 6.20 Å². The number of aromatic nitrogens is 2. The first-order valence-corrected chi connectivity index (χ1v) is 6.43. The highest BCUT2D eigenvalue weighted by molar-refractivity contribution is 5.15. The van der Waals surface area contributed by atoms with Crippen molar-refractivity contribution in [3.05, 3.63) is 17.5 Å². The molecule has 0 spiro atoms. The molecule has 0 aromatic carbocycles. The molecule has 17 heavy (non-hydrogen) atoms. The van der Waals surface area contributed by atoms with Crippen molar-refractivity contribution in [1.29, 1.82) is 0 Å². The van der Waals surface area contributed by atoms with Gasteiger partial charge in [0.25, 0.3) is 0 Å². The Morgan fingerprint density at radius 1 is 1.47 bits per heavy atom. The minimum atomic E-state index is -0.670. The molecule has 1 aromatic heterocycles. The molecule has 1 saturated carbocycles. The van der Waals surface area contributed by atoms with E-state index in [4.69, 9.17) is 0 Å². The Labute approximate surface area is 101 Å². The Bertz CT molecular complexity index is 380. The van der Waals surface area contributed by atoms with Crippen molar-refractivity contribution in [3.63, 3.8) is 0 Å². The molecular formula is C12H20N4O. The topological polar surface area (TPSA) is 64.2 Å². The number of aromatic amines is 1. The van der Waals surface area contributed by atoms with Crippen molar-refractivity contribution in [2.75, 3.05) is 13.1 Å². The second-order valence-corrected chi connectivity index (χ2v) is 5.35. The molecule has 0 amide bonds. The highest BCUT2D eigenvalue weighted by Crippen LogP contribution is 2.37. The van der Waals surface area contributed by atoms with Gasteiger partial charge in [-0.1, -0.05) is 6.42 Å². The number of nitrogens with zero attached hydrogens (tertiary/aromatic N) is 2. The average molecular weight is 236 g/mol. The summed E-state index contributed by atoms with van der Waals surface area (Å²) in [6.45, 7) is 4.08. The molecule has 1 aliphatic carbocycles. The molecule has 94 valence electrons. The molecule has 2 fully saturated rings. The van der Waals surface area contributed by atoms with Gasteiger partial charge in [0.1, 0.15) is 0 Å². The van der Waals surface area contributed by atoms with Crippen LogP contribution in [0.1, 0.15) is 36.7 Å². The maximum Gasteiger partial charge on any atom is 0.160 e. The molecule has 0 bridgehead atoms. The van der Waals surface area contributed by atoms with Crippen molar-refractivity contribution in [2.45, 2.75) is 32.4 Å². The minimum Gasteiger partial charge on any atom is -0.371 e. The van der Waals surface area contributed by atoms with E-state index in [1.54, 1.807) is 6.20 Å². The van der Waals surface area contributed by atoms with Crippen LogP contribution in [0.5, 0.6) is 0 Å². The van der Waals surface area contributed by atoms with Crippen molar-refractivity contribution in [3.8, 4) is 0 Å². The van der Waals surface area contributed by atoms with Gasteiger partial charge in [0, 0.05) is 13.1 Å². The number of H-pyrrole nitrogens is 1. The predicted molar refractivity (Wildman–Crippen MR) is 63.8 cm³/mol. The van der Waals surface area contributed by atoms with Gasteiger partial charge in [0.05, 0.1) is 11.9 Å². The number of aliphatic hydroxyl groups is 1. The Morgan fingerprint density at radius 2 is 2.18 bits per heavy atom. The maximum absolute atomic E-state index is 10.1. The summed E-state index contributed by atoms with van der Waals surface area (Å²) in [5, 5.41) is 19.0. The normalized spacial score (nSPS) is 30.7. The van der Waals surface area contributed by atoms with Crippen molar-refractivity contribution in [1.82, 2.24) is 20.6 Å². The molecule has 0 radical (unpaired) electrons. The molecule has 3 rings (SSSR count). The highest BCUT2D eigenvalue weighted by Gasteiger charge is 2.36. The van der Waals surface area contributed by atoms with Gasteiger partial charge in [-0.15, -0.1) is 0 Å². The van der Waals surface area contributed by atoms with Gasteiger partial charge >= 0.3 is 0 Å². The maximum atomic E-state index is 10.1. The van der Waals surface area contributed by atoms with Crippen LogP contribution in [0.3, 0.4) is 0 Å². The Hall–Kier alpha value is -0.910. The Kier molecular flexibility index (Phi) is 2.90. The SMILES string of the molecule is Cc1cn[nH]c1C(O)NN1CC2CCCC2C1. The van der Waals surface area contributed by atoms with Crippen LogP contribution in [0.4, 0.5) is 0 Å². The fraction of sp³-hybridized carbons (Fsp3) is 0.750. The summed E-state index contributed by atoms with van der Waals surface area (Å²) in [6.07, 6.45) is 5.14. The predicted octanol–water partition coefficient (Wildman–Crippen LogP) is 0.946. The van der Waals surface area contributed by atoms with Gasteiger partial charge in [0.2, 0.25) is 0 Å². The van der Waals surface area contributed by atoms with Crippen molar-refractivity contribution < 1.29 is 5.11 Å². The summed E-state index contributed by atoms with van der Waals surface area (Å²) in [4.78, 5) is 0. The van der Waals surface area contributed by atoms with Gasteiger partial charge in [-0.3, -0.25) is 5.10 Å². The fourth-order valence-corrected chi connectivity index (χ4v) is 3.21. The van der Waals surface area contributed by atoms with Crippen LogP contribution in [0.25, 0.3) is 0 Å². The number of hydrogen-bond acceptors (Lipinski definition) is 4. The number of rotatable bonds is 3. The van der Waals surface area contributed by atoms with E-state index in [0.717, 1.165) is 36.2 Å². The van der Waals surface area contributed by atoms with Gasteiger partial charge in [-0.2, -0.15) is 5.10 Å². The molecule has 5 heteroatoms. The quantitative estimate of drug-likeness (QED) is 0.684. The lowest BCUT2D eigenvalue weighted by molar-refractivity contribution is 0.0398. The van der Waals surface area contributed by atoms with Crippen LogP contribution >= 0.6 is 0 Å². The summed E-state index contributed by atoms with van der Waals surface area (Å²) in [7, 11) is 0.